The topological polar surface area (TPSA) is 66.8 Å². The van der Waals surface area contributed by atoms with Crippen molar-refractivity contribution in [3.63, 3.8) is 0 Å². The van der Waals surface area contributed by atoms with Gasteiger partial charge in [-0.05, 0) is 47.0 Å². The van der Waals surface area contributed by atoms with Gasteiger partial charge in [-0.2, -0.15) is 0 Å². The molecule has 1 aliphatic heterocycles. The molecule has 0 radical (unpaired) electrons. The number of amides is 1. The van der Waals surface area contributed by atoms with Crippen molar-refractivity contribution in [2.75, 3.05) is 0 Å². The number of rotatable bonds is 1. The summed E-state index contributed by atoms with van der Waals surface area (Å²) in [7, 11) is 0. The van der Waals surface area contributed by atoms with Crippen LogP contribution in [0.15, 0.2) is 0 Å². The highest BCUT2D eigenvalue weighted by molar-refractivity contribution is 5.80. The zero-order chi connectivity index (χ0) is 13.2. The molecular formula is C12H21NO4. The van der Waals surface area contributed by atoms with Crippen molar-refractivity contribution in [2.24, 2.45) is 0 Å². The molecule has 17 heavy (non-hydrogen) atoms. The van der Waals surface area contributed by atoms with Crippen molar-refractivity contribution in [3.8, 4) is 0 Å². The van der Waals surface area contributed by atoms with Crippen molar-refractivity contribution in [1.29, 1.82) is 0 Å². The summed E-state index contributed by atoms with van der Waals surface area (Å²) in [5.74, 6) is -0.956. The van der Waals surface area contributed by atoms with Gasteiger partial charge in [0.15, 0.2) is 0 Å². The lowest BCUT2D eigenvalue weighted by molar-refractivity contribution is -0.145. The first kappa shape index (κ1) is 13.8. The van der Waals surface area contributed by atoms with Gasteiger partial charge in [0.1, 0.15) is 11.6 Å². The minimum Gasteiger partial charge on any atom is -0.480 e. The zero-order valence-corrected chi connectivity index (χ0v) is 10.9. The number of hydrogen-bond acceptors (Lipinski definition) is 3. The van der Waals surface area contributed by atoms with Crippen molar-refractivity contribution < 1.29 is 19.4 Å². The zero-order valence-electron chi connectivity index (χ0n) is 10.9. The van der Waals surface area contributed by atoms with Crippen LogP contribution in [-0.4, -0.2) is 39.8 Å². The Morgan fingerprint density at radius 1 is 1.29 bits per heavy atom. The Morgan fingerprint density at radius 2 is 1.88 bits per heavy atom. The normalized spacial score (nSPS) is 25.5. The van der Waals surface area contributed by atoms with E-state index >= 15 is 0 Å². The molecule has 1 fully saturated rings. The third-order valence-corrected chi connectivity index (χ3v) is 2.80. The average molecular weight is 243 g/mol. The number of nitrogens with zero attached hydrogens (tertiary/aromatic N) is 1. The van der Waals surface area contributed by atoms with Crippen LogP contribution in [-0.2, 0) is 9.53 Å². The van der Waals surface area contributed by atoms with Crippen LogP contribution in [0.3, 0.4) is 0 Å². The first-order valence-electron chi connectivity index (χ1n) is 5.96. The summed E-state index contributed by atoms with van der Waals surface area (Å²) >= 11 is 0. The maximum atomic E-state index is 12.0. The van der Waals surface area contributed by atoms with E-state index in [2.05, 4.69) is 0 Å². The molecule has 0 aromatic carbocycles. The number of ether oxygens (including phenoxy) is 1. The van der Waals surface area contributed by atoms with Gasteiger partial charge >= 0.3 is 12.1 Å². The summed E-state index contributed by atoms with van der Waals surface area (Å²) in [6, 6.07) is -0.840. The third-order valence-electron chi connectivity index (χ3n) is 2.80. The number of carbonyl (C=O) groups excluding carboxylic acids is 1. The van der Waals surface area contributed by atoms with Gasteiger partial charge in [-0.25, -0.2) is 9.59 Å². The molecule has 0 spiro atoms. The van der Waals surface area contributed by atoms with Gasteiger partial charge in [-0.3, -0.25) is 4.90 Å². The van der Waals surface area contributed by atoms with Crippen LogP contribution in [0, 0.1) is 0 Å². The molecule has 5 heteroatoms. The molecule has 1 heterocycles. The Labute approximate surface area is 102 Å². The van der Waals surface area contributed by atoms with Crippen molar-refractivity contribution in [2.45, 2.75) is 64.6 Å². The van der Waals surface area contributed by atoms with E-state index in [4.69, 9.17) is 9.84 Å². The van der Waals surface area contributed by atoms with Gasteiger partial charge in [0, 0.05) is 6.04 Å². The Kier molecular flexibility index (Phi) is 4.01. The Balaban J connectivity index is 2.82. The number of aliphatic carboxylic acids is 1. The number of carboxylic acid groups (broad SMARTS) is 1. The van der Waals surface area contributed by atoms with Crippen LogP contribution in [0.25, 0.3) is 0 Å². The van der Waals surface area contributed by atoms with Crippen LogP contribution in [0.4, 0.5) is 4.79 Å². The lowest BCUT2D eigenvalue weighted by Gasteiger charge is -2.38. The molecule has 1 saturated heterocycles. The fraction of sp³-hybridized carbons (Fsp3) is 0.833. The van der Waals surface area contributed by atoms with E-state index < -0.39 is 23.7 Å². The molecule has 0 aromatic rings. The minimum atomic E-state index is -0.956. The van der Waals surface area contributed by atoms with Crippen molar-refractivity contribution in [3.05, 3.63) is 0 Å². The fourth-order valence-electron chi connectivity index (χ4n) is 2.06. The molecule has 2 atom stereocenters. The second-order valence-electron chi connectivity index (χ2n) is 5.52. The molecule has 1 aliphatic rings. The van der Waals surface area contributed by atoms with Gasteiger partial charge in [-0.1, -0.05) is 0 Å². The van der Waals surface area contributed by atoms with E-state index in [0.29, 0.717) is 6.42 Å². The van der Waals surface area contributed by atoms with Gasteiger partial charge in [0.2, 0.25) is 0 Å². The molecule has 5 nitrogen and oxygen atoms in total. The third kappa shape index (κ3) is 3.61. The van der Waals surface area contributed by atoms with Crippen molar-refractivity contribution >= 4 is 12.1 Å². The summed E-state index contributed by atoms with van der Waals surface area (Å²) in [6.07, 6.45) is 1.62. The number of hydrogen-bond donors (Lipinski definition) is 1. The summed E-state index contributed by atoms with van der Waals surface area (Å²) in [5.41, 5.74) is -0.600. The number of carbonyl (C=O) groups is 2. The number of likely N-dealkylation sites (tertiary alicyclic amines) is 1. The maximum Gasteiger partial charge on any atom is 0.411 e. The lowest BCUT2D eigenvalue weighted by Crippen LogP contribution is -2.53. The highest BCUT2D eigenvalue weighted by Gasteiger charge is 2.38. The monoisotopic (exact) mass is 243 g/mol. The first-order chi connectivity index (χ1) is 7.72. The second kappa shape index (κ2) is 4.94. The molecule has 0 aromatic heterocycles. The Hall–Kier alpha value is -1.26. The van der Waals surface area contributed by atoms with Crippen LogP contribution in [0.1, 0.15) is 47.0 Å². The van der Waals surface area contributed by atoms with Crippen LogP contribution in [0.2, 0.25) is 0 Å². The van der Waals surface area contributed by atoms with Crippen LogP contribution >= 0.6 is 0 Å². The molecule has 1 rings (SSSR count). The molecule has 0 saturated carbocycles. The van der Waals surface area contributed by atoms with Crippen molar-refractivity contribution in [1.82, 2.24) is 4.90 Å². The first-order valence-corrected chi connectivity index (χ1v) is 5.96. The number of piperidine rings is 1. The molecule has 98 valence electrons. The average Bonchev–Trinajstić information content (AvgIpc) is 2.13. The van der Waals surface area contributed by atoms with E-state index in [-0.39, 0.29) is 6.04 Å². The van der Waals surface area contributed by atoms with Crippen LogP contribution < -0.4 is 0 Å². The van der Waals surface area contributed by atoms with Gasteiger partial charge in [0.25, 0.3) is 0 Å². The Bertz CT molecular complexity index is 308. The van der Waals surface area contributed by atoms with E-state index in [9.17, 15) is 9.59 Å². The number of carboxylic acids is 1. The largest absolute Gasteiger partial charge is 0.480 e. The molecule has 0 bridgehead atoms. The summed E-state index contributed by atoms with van der Waals surface area (Å²) in [5, 5.41) is 9.12. The summed E-state index contributed by atoms with van der Waals surface area (Å²) in [4.78, 5) is 24.5. The van der Waals surface area contributed by atoms with Crippen LogP contribution in [0.5, 0.6) is 0 Å². The van der Waals surface area contributed by atoms with E-state index in [1.54, 1.807) is 20.8 Å². The van der Waals surface area contributed by atoms with Gasteiger partial charge < -0.3 is 9.84 Å². The SMILES string of the molecule is CC1CCCC(C(=O)O)N1C(=O)OC(C)(C)C. The van der Waals surface area contributed by atoms with Gasteiger partial charge in [0.05, 0.1) is 0 Å². The predicted octanol–water partition coefficient (Wildman–Crippen LogP) is 2.25. The summed E-state index contributed by atoms with van der Waals surface area (Å²) < 4.78 is 5.25. The fourth-order valence-corrected chi connectivity index (χ4v) is 2.06. The maximum absolute atomic E-state index is 12.0. The Morgan fingerprint density at radius 3 is 2.35 bits per heavy atom. The molecule has 1 amide bonds. The van der Waals surface area contributed by atoms with E-state index in [1.807, 2.05) is 6.92 Å². The molecule has 0 aliphatic carbocycles. The molecule has 1 N–H and O–H groups in total. The summed E-state index contributed by atoms with van der Waals surface area (Å²) in [6.45, 7) is 7.18. The predicted molar refractivity (Wildman–Crippen MR) is 62.8 cm³/mol. The smallest absolute Gasteiger partial charge is 0.411 e. The standard InChI is InChI=1S/C12H21NO4/c1-8-6-5-7-9(10(14)15)13(8)11(16)17-12(2,3)4/h8-9H,5-7H2,1-4H3,(H,14,15). The minimum absolute atomic E-state index is 0.0836. The highest BCUT2D eigenvalue weighted by Crippen LogP contribution is 2.25. The second-order valence-corrected chi connectivity index (χ2v) is 5.52. The van der Waals surface area contributed by atoms with Gasteiger partial charge in [-0.15, -0.1) is 0 Å². The molecule has 2 unspecified atom stereocenters. The molecular weight excluding hydrogens is 222 g/mol. The highest BCUT2D eigenvalue weighted by atomic mass is 16.6. The lowest BCUT2D eigenvalue weighted by atomic mass is 9.97. The quantitative estimate of drug-likeness (QED) is 0.767. The van der Waals surface area contributed by atoms with E-state index in [0.717, 1.165) is 12.8 Å². The van der Waals surface area contributed by atoms with E-state index in [1.165, 1.54) is 4.90 Å².